The highest BCUT2D eigenvalue weighted by molar-refractivity contribution is 9.09. The lowest BCUT2D eigenvalue weighted by molar-refractivity contribution is 0.448. The van der Waals surface area contributed by atoms with Crippen LogP contribution in [0.2, 0.25) is 10.0 Å². The van der Waals surface area contributed by atoms with Crippen molar-refractivity contribution in [3.05, 3.63) is 28.2 Å². The second-order valence-electron chi connectivity index (χ2n) is 3.26. The molecule has 3 nitrogen and oxygen atoms in total. The maximum absolute atomic E-state index is 12.3. The highest BCUT2D eigenvalue weighted by Crippen LogP contribution is 2.27. The molecule has 0 fully saturated rings. The Morgan fingerprint density at radius 1 is 1.35 bits per heavy atom. The Morgan fingerprint density at radius 2 is 2.00 bits per heavy atom. The molecule has 0 saturated carbocycles. The lowest BCUT2D eigenvalue weighted by Crippen LogP contribution is -2.32. The molecule has 96 valence electrons. The predicted molar refractivity (Wildman–Crippen MR) is 74.7 cm³/mol. The summed E-state index contributed by atoms with van der Waals surface area (Å²) < 4.78 is 25.9. The molecule has 7 heteroatoms. The minimum Gasteiger partial charge on any atom is -0.207 e. The Balaban J connectivity index is 3.24. The van der Waals surface area contributed by atoms with Crippen LogP contribution in [0.5, 0.6) is 0 Å². The van der Waals surface area contributed by atoms with Crippen molar-refractivity contribution < 1.29 is 8.42 Å². The third-order valence-corrected chi connectivity index (χ3v) is 5.24. The van der Waals surface area contributed by atoms with E-state index in [0.717, 1.165) is 0 Å². The SMILES string of the molecule is CCN(CCBr)S(=O)(=O)c1cc(Cl)ccc1Cl. The van der Waals surface area contributed by atoms with Crippen LogP contribution in [0.15, 0.2) is 23.1 Å². The molecule has 0 amide bonds. The molecule has 1 rings (SSSR count). The van der Waals surface area contributed by atoms with E-state index in [-0.39, 0.29) is 9.92 Å². The topological polar surface area (TPSA) is 37.4 Å². The first kappa shape index (κ1) is 15.2. The molecule has 0 atom stereocenters. The second kappa shape index (κ2) is 6.38. The lowest BCUT2D eigenvalue weighted by atomic mass is 10.4. The number of sulfonamides is 1. The zero-order valence-corrected chi connectivity index (χ0v) is 13.1. The fourth-order valence-corrected chi connectivity index (χ4v) is 4.21. The van der Waals surface area contributed by atoms with Gasteiger partial charge < -0.3 is 0 Å². The number of benzene rings is 1. The van der Waals surface area contributed by atoms with Crippen LogP contribution >= 0.6 is 39.1 Å². The largest absolute Gasteiger partial charge is 0.244 e. The Bertz CT molecular complexity index is 493. The Labute approximate surface area is 120 Å². The molecule has 0 aliphatic rings. The average molecular weight is 361 g/mol. The van der Waals surface area contributed by atoms with E-state index in [0.29, 0.717) is 23.4 Å². The minimum absolute atomic E-state index is 0.0504. The number of halogens is 3. The minimum atomic E-state index is -3.58. The van der Waals surface area contributed by atoms with E-state index < -0.39 is 10.0 Å². The van der Waals surface area contributed by atoms with Crippen LogP contribution in [0.3, 0.4) is 0 Å². The fraction of sp³-hybridized carbons (Fsp3) is 0.400. The van der Waals surface area contributed by atoms with Crippen LogP contribution in [0.25, 0.3) is 0 Å². The third kappa shape index (κ3) is 3.58. The van der Waals surface area contributed by atoms with Crippen molar-refractivity contribution in [3.8, 4) is 0 Å². The van der Waals surface area contributed by atoms with Gasteiger partial charge >= 0.3 is 0 Å². The summed E-state index contributed by atoms with van der Waals surface area (Å²) in [5.41, 5.74) is 0. The van der Waals surface area contributed by atoms with E-state index in [9.17, 15) is 8.42 Å². The van der Waals surface area contributed by atoms with Crippen LogP contribution in [0.1, 0.15) is 6.92 Å². The van der Waals surface area contributed by atoms with E-state index in [2.05, 4.69) is 15.9 Å². The van der Waals surface area contributed by atoms with Crippen molar-refractivity contribution in [2.45, 2.75) is 11.8 Å². The number of hydrogen-bond acceptors (Lipinski definition) is 2. The molecule has 1 aromatic rings. The maximum atomic E-state index is 12.3. The van der Waals surface area contributed by atoms with Crippen molar-refractivity contribution in [1.29, 1.82) is 0 Å². The molecular formula is C10H12BrCl2NO2S. The normalized spacial score (nSPS) is 12.1. The molecule has 0 saturated heterocycles. The molecule has 1 aromatic carbocycles. The van der Waals surface area contributed by atoms with Gasteiger partial charge in [-0.25, -0.2) is 8.42 Å². The Hall–Kier alpha value is 0.190. The van der Waals surface area contributed by atoms with E-state index in [4.69, 9.17) is 23.2 Å². The molecule has 17 heavy (non-hydrogen) atoms. The van der Waals surface area contributed by atoms with Gasteiger partial charge in [-0.15, -0.1) is 0 Å². The summed E-state index contributed by atoms with van der Waals surface area (Å²) in [4.78, 5) is 0.0504. The number of rotatable bonds is 5. The van der Waals surface area contributed by atoms with E-state index in [1.54, 1.807) is 13.0 Å². The smallest absolute Gasteiger partial charge is 0.207 e. The summed E-state index contributed by atoms with van der Waals surface area (Å²) >= 11 is 14.9. The quantitative estimate of drug-likeness (QED) is 0.754. The standard InChI is InChI=1S/C10H12BrCl2NO2S/c1-2-14(6-5-11)17(15,16)10-7-8(12)3-4-9(10)13/h3-4,7H,2,5-6H2,1H3. The van der Waals surface area contributed by atoms with Gasteiger partial charge in [-0.3, -0.25) is 0 Å². The van der Waals surface area contributed by atoms with Crippen molar-refractivity contribution in [1.82, 2.24) is 4.31 Å². The van der Waals surface area contributed by atoms with Gasteiger partial charge in [-0.05, 0) is 18.2 Å². The Kier molecular flexibility index (Phi) is 5.73. The van der Waals surface area contributed by atoms with Crippen LogP contribution in [0, 0.1) is 0 Å². The zero-order chi connectivity index (χ0) is 13.1. The molecule has 0 heterocycles. The van der Waals surface area contributed by atoms with E-state index in [1.165, 1.54) is 16.4 Å². The molecule has 0 spiro atoms. The molecule has 0 aromatic heterocycles. The van der Waals surface area contributed by atoms with Crippen LogP contribution in [0.4, 0.5) is 0 Å². The van der Waals surface area contributed by atoms with Crippen LogP contribution in [-0.4, -0.2) is 31.1 Å². The molecule has 0 aliphatic heterocycles. The van der Waals surface area contributed by atoms with Gasteiger partial charge in [-0.1, -0.05) is 46.1 Å². The van der Waals surface area contributed by atoms with Gasteiger partial charge in [0, 0.05) is 23.4 Å². The van der Waals surface area contributed by atoms with E-state index >= 15 is 0 Å². The summed E-state index contributed by atoms with van der Waals surface area (Å²) in [7, 11) is -3.58. The predicted octanol–water partition coefficient (Wildman–Crippen LogP) is 3.40. The van der Waals surface area contributed by atoms with E-state index in [1.807, 2.05) is 0 Å². The van der Waals surface area contributed by atoms with Crippen molar-refractivity contribution in [2.24, 2.45) is 0 Å². The summed E-state index contributed by atoms with van der Waals surface area (Å²) in [6.07, 6.45) is 0. The summed E-state index contributed by atoms with van der Waals surface area (Å²) in [5, 5.41) is 1.10. The first-order chi connectivity index (χ1) is 7.93. The lowest BCUT2D eigenvalue weighted by Gasteiger charge is -2.20. The zero-order valence-electron chi connectivity index (χ0n) is 9.16. The first-order valence-corrected chi connectivity index (χ1v) is 8.26. The summed E-state index contributed by atoms with van der Waals surface area (Å²) in [6, 6.07) is 4.42. The number of alkyl halides is 1. The van der Waals surface area contributed by atoms with Gasteiger partial charge in [0.05, 0.1) is 5.02 Å². The van der Waals surface area contributed by atoms with Gasteiger partial charge in [0.25, 0.3) is 0 Å². The van der Waals surface area contributed by atoms with Crippen molar-refractivity contribution in [3.63, 3.8) is 0 Å². The second-order valence-corrected chi connectivity index (χ2v) is 6.80. The number of hydrogen-bond donors (Lipinski definition) is 0. The van der Waals surface area contributed by atoms with Crippen molar-refractivity contribution in [2.75, 3.05) is 18.4 Å². The van der Waals surface area contributed by atoms with Gasteiger partial charge in [0.15, 0.2) is 0 Å². The fourth-order valence-electron chi connectivity index (χ4n) is 1.36. The highest BCUT2D eigenvalue weighted by atomic mass is 79.9. The Morgan fingerprint density at radius 3 is 2.53 bits per heavy atom. The van der Waals surface area contributed by atoms with Gasteiger partial charge in [0.1, 0.15) is 4.90 Å². The summed E-state index contributed by atoms with van der Waals surface area (Å²) in [6.45, 7) is 2.55. The molecule has 0 bridgehead atoms. The summed E-state index contributed by atoms with van der Waals surface area (Å²) in [5.74, 6) is 0. The molecule has 0 unspecified atom stereocenters. The molecule has 0 N–H and O–H groups in total. The number of nitrogens with zero attached hydrogens (tertiary/aromatic N) is 1. The average Bonchev–Trinajstić information content (AvgIpc) is 2.28. The molecule has 0 aliphatic carbocycles. The molecule has 0 radical (unpaired) electrons. The van der Waals surface area contributed by atoms with Crippen molar-refractivity contribution >= 4 is 49.2 Å². The first-order valence-electron chi connectivity index (χ1n) is 4.94. The maximum Gasteiger partial charge on any atom is 0.244 e. The van der Waals surface area contributed by atoms with Crippen LogP contribution < -0.4 is 0 Å². The van der Waals surface area contributed by atoms with Crippen LogP contribution in [-0.2, 0) is 10.0 Å². The molecular weight excluding hydrogens is 349 g/mol. The van der Waals surface area contributed by atoms with Gasteiger partial charge in [-0.2, -0.15) is 4.31 Å². The third-order valence-electron chi connectivity index (χ3n) is 2.20. The van der Waals surface area contributed by atoms with Gasteiger partial charge in [0.2, 0.25) is 10.0 Å². The monoisotopic (exact) mass is 359 g/mol. The highest BCUT2D eigenvalue weighted by Gasteiger charge is 2.25.